The van der Waals surface area contributed by atoms with Gasteiger partial charge in [0.2, 0.25) is 0 Å². The summed E-state index contributed by atoms with van der Waals surface area (Å²) in [7, 11) is 1.49. The van der Waals surface area contributed by atoms with E-state index in [9.17, 15) is 8.78 Å². The standard InChI is InChI=1S/C22H26F2O/c1-13-3-4-15-8-16(6-5-14(15)7-13)19-12-20-17(10-21(19)23)9-18(25-2)11-22(20)24/h9-16H,3-8H2,1-2H3. The molecule has 0 bridgehead atoms. The van der Waals surface area contributed by atoms with Gasteiger partial charge in [-0.15, -0.1) is 0 Å². The van der Waals surface area contributed by atoms with Gasteiger partial charge < -0.3 is 4.74 Å². The number of halogens is 2. The Kier molecular flexibility index (Phi) is 4.43. The molecule has 0 spiro atoms. The van der Waals surface area contributed by atoms with Gasteiger partial charge in [0, 0.05) is 11.5 Å². The monoisotopic (exact) mass is 344 g/mol. The molecule has 3 heteroatoms. The van der Waals surface area contributed by atoms with Crippen molar-refractivity contribution in [3.63, 3.8) is 0 Å². The first-order chi connectivity index (χ1) is 12.0. The number of fused-ring (bicyclic) bond motifs is 2. The van der Waals surface area contributed by atoms with Crippen LogP contribution < -0.4 is 4.74 Å². The third-order valence-corrected chi connectivity index (χ3v) is 6.54. The maximum Gasteiger partial charge on any atom is 0.134 e. The van der Waals surface area contributed by atoms with Gasteiger partial charge in [-0.2, -0.15) is 0 Å². The van der Waals surface area contributed by atoms with Crippen LogP contribution in [0.3, 0.4) is 0 Å². The molecule has 2 aliphatic carbocycles. The third-order valence-electron chi connectivity index (χ3n) is 6.54. The van der Waals surface area contributed by atoms with E-state index in [2.05, 4.69) is 6.92 Å². The van der Waals surface area contributed by atoms with Crippen LogP contribution in [-0.2, 0) is 0 Å². The number of ether oxygens (including phenoxy) is 1. The Bertz CT molecular complexity index is 785. The lowest BCUT2D eigenvalue weighted by molar-refractivity contribution is 0.124. The van der Waals surface area contributed by atoms with Crippen molar-refractivity contribution in [1.82, 2.24) is 0 Å². The molecule has 2 fully saturated rings. The molecule has 0 saturated heterocycles. The van der Waals surface area contributed by atoms with E-state index in [0.717, 1.165) is 24.7 Å². The molecule has 134 valence electrons. The van der Waals surface area contributed by atoms with Gasteiger partial charge in [-0.1, -0.05) is 13.3 Å². The fraction of sp³-hybridized carbons (Fsp3) is 0.545. The largest absolute Gasteiger partial charge is 0.497 e. The first-order valence-corrected chi connectivity index (χ1v) is 9.52. The summed E-state index contributed by atoms with van der Waals surface area (Å²) in [5, 5.41) is 1.06. The Morgan fingerprint density at radius 1 is 0.880 bits per heavy atom. The average molecular weight is 344 g/mol. The van der Waals surface area contributed by atoms with Crippen LogP contribution in [0.4, 0.5) is 8.78 Å². The third kappa shape index (κ3) is 3.14. The van der Waals surface area contributed by atoms with Crippen LogP contribution in [0.25, 0.3) is 10.8 Å². The van der Waals surface area contributed by atoms with E-state index in [4.69, 9.17) is 4.74 Å². The van der Waals surface area contributed by atoms with Gasteiger partial charge in [-0.25, -0.2) is 8.78 Å². The second kappa shape index (κ2) is 6.59. The van der Waals surface area contributed by atoms with Gasteiger partial charge in [0.25, 0.3) is 0 Å². The zero-order valence-electron chi connectivity index (χ0n) is 15.0. The molecule has 0 heterocycles. The van der Waals surface area contributed by atoms with Gasteiger partial charge in [0.15, 0.2) is 0 Å². The topological polar surface area (TPSA) is 9.23 Å². The zero-order valence-corrected chi connectivity index (χ0v) is 15.0. The fourth-order valence-electron chi connectivity index (χ4n) is 5.17. The van der Waals surface area contributed by atoms with E-state index in [-0.39, 0.29) is 17.6 Å². The van der Waals surface area contributed by atoms with E-state index >= 15 is 0 Å². The van der Waals surface area contributed by atoms with E-state index in [1.54, 1.807) is 12.1 Å². The zero-order chi connectivity index (χ0) is 17.6. The van der Waals surface area contributed by atoms with E-state index in [1.165, 1.54) is 44.9 Å². The van der Waals surface area contributed by atoms with Crippen molar-refractivity contribution < 1.29 is 13.5 Å². The highest BCUT2D eigenvalue weighted by atomic mass is 19.1. The van der Waals surface area contributed by atoms with Gasteiger partial charge in [-0.3, -0.25) is 0 Å². The summed E-state index contributed by atoms with van der Waals surface area (Å²) in [6, 6.07) is 6.30. The summed E-state index contributed by atoms with van der Waals surface area (Å²) in [6.45, 7) is 2.35. The molecule has 0 radical (unpaired) electrons. The maximum atomic E-state index is 14.8. The van der Waals surface area contributed by atoms with Crippen LogP contribution in [0, 0.1) is 29.4 Å². The van der Waals surface area contributed by atoms with Crippen molar-refractivity contribution in [2.24, 2.45) is 17.8 Å². The van der Waals surface area contributed by atoms with Gasteiger partial charge >= 0.3 is 0 Å². The molecule has 2 saturated carbocycles. The smallest absolute Gasteiger partial charge is 0.134 e. The molecule has 1 nitrogen and oxygen atoms in total. The number of hydrogen-bond donors (Lipinski definition) is 0. The lowest BCUT2D eigenvalue weighted by Gasteiger charge is -2.41. The summed E-state index contributed by atoms with van der Waals surface area (Å²) < 4.78 is 34.3. The molecule has 2 aliphatic rings. The first-order valence-electron chi connectivity index (χ1n) is 9.52. The Morgan fingerprint density at radius 3 is 2.44 bits per heavy atom. The molecule has 2 aromatic carbocycles. The van der Waals surface area contributed by atoms with Crippen LogP contribution in [0.2, 0.25) is 0 Å². The number of rotatable bonds is 2. The summed E-state index contributed by atoms with van der Waals surface area (Å²) in [6.07, 6.45) is 7.14. The highest BCUT2D eigenvalue weighted by Crippen LogP contribution is 2.48. The van der Waals surface area contributed by atoms with Crippen LogP contribution >= 0.6 is 0 Å². The Morgan fingerprint density at radius 2 is 1.64 bits per heavy atom. The molecular weight excluding hydrogens is 318 g/mol. The summed E-state index contributed by atoms with van der Waals surface area (Å²) in [4.78, 5) is 0. The number of hydrogen-bond acceptors (Lipinski definition) is 1. The normalized spacial score (nSPS) is 29.4. The van der Waals surface area contributed by atoms with Crippen LogP contribution in [0.15, 0.2) is 24.3 Å². The van der Waals surface area contributed by atoms with Gasteiger partial charge in [0.1, 0.15) is 17.4 Å². The Hall–Kier alpha value is -1.64. The molecule has 0 N–H and O–H groups in total. The van der Waals surface area contributed by atoms with E-state index in [0.29, 0.717) is 28.0 Å². The molecule has 4 unspecified atom stereocenters. The summed E-state index contributed by atoms with van der Waals surface area (Å²) in [5.41, 5.74) is 0.702. The number of benzene rings is 2. The molecule has 0 aromatic heterocycles. The first kappa shape index (κ1) is 16.8. The minimum absolute atomic E-state index is 0.201. The average Bonchev–Trinajstić information content (AvgIpc) is 2.60. The Labute approximate surface area is 148 Å². The minimum atomic E-state index is -0.337. The molecular formula is C22H26F2O. The van der Waals surface area contributed by atoms with Crippen LogP contribution in [-0.4, -0.2) is 7.11 Å². The second-order valence-electron chi connectivity index (χ2n) is 8.15. The molecule has 4 rings (SSSR count). The lowest BCUT2D eigenvalue weighted by Crippen LogP contribution is -2.29. The molecule has 2 aromatic rings. The molecule has 0 aliphatic heterocycles. The predicted octanol–water partition coefficient (Wildman–Crippen LogP) is 6.45. The van der Waals surface area contributed by atoms with Crippen LogP contribution in [0.5, 0.6) is 5.75 Å². The SMILES string of the molecule is COc1cc(F)c2cc(C3CCC4CC(C)CCC4C3)c(F)cc2c1. The maximum absolute atomic E-state index is 14.8. The highest BCUT2D eigenvalue weighted by Gasteiger charge is 2.35. The van der Waals surface area contributed by atoms with Crippen LogP contribution in [0.1, 0.15) is 56.9 Å². The lowest BCUT2D eigenvalue weighted by atomic mass is 9.64. The van der Waals surface area contributed by atoms with Gasteiger partial charge in [-0.05, 0) is 84.9 Å². The fourth-order valence-corrected chi connectivity index (χ4v) is 5.17. The molecule has 4 atom stereocenters. The molecule has 0 amide bonds. The Balaban J connectivity index is 1.65. The van der Waals surface area contributed by atoms with Crippen molar-refractivity contribution in [3.05, 3.63) is 41.5 Å². The second-order valence-corrected chi connectivity index (χ2v) is 8.15. The number of methoxy groups -OCH3 is 1. The quantitative estimate of drug-likeness (QED) is 0.608. The van der Waals surface area contributed by atoms with E-state index in [1.807, 2.05) is 0 Å². The predicted molar refractivity (Wildman–Crippen MR) is 97.0 cm³/mol. The molecule has 25 heavy (non-hydrogen) atoms. The van der Waals surface area contributed by atoms with Crippen molar-refractivity contribution >= 4 is 10.8 Å². The van der Waals surface area contributed by atoms with Crippen molar-refractivity contribution in [3.8, 4) is 5.75 Å². The van der Waals surface area contributed by atoms with Crippen molar-refractivity contribution in [2.75, 3.05) is 7.11 Å². The van der Waals surface area contributed by atoms with Crippen molar-refractivity contribution in [1.29, 1.82) is 0 Å². The minimum Gasteiger partial charge on any atom is -0.497 e. The van der Waals surface area contributed by atoms with Crippen molar-refractivity contribution in [2.45, 2.75) is 51.4 Å². The summed E-state index contributed by atoms with van der Waals surface area (Å²) in [5.74, 6) is 2.47. The highest BCUT2D eigenvalue weighted by molar-refractivity contribution is 5.85. The van der Waals surface area contributed by atoms with E-state index < -0.39 is 0 Å². The summed E-state index contributed by atoms with van der Waals surface area (Å²) >= 11 is 0. The van der Waals surface area contributed by atoms with Gasteiger partial charge in [0.05, 0.1) is 7.11 Å².